The van der Waals surface area contributed by atoms with E-state index in [-0.39, 0.29) is 30.8 Å². The van der Waals surface area contributed by atoms with Crippen molar-refractivity contribution >= 4 is 17.3 Å². The Morgan fingerprint density at radius 2 is 2.35 bits per heavy atom. The maximum absolute atomic E-state index is 10.4. The Bertz CT molecular complexity index is 545. The average Bonchev–Trinajstić information content (AvgIpc) is 3.12. The van der Waals surface area contributed by atoms with Crippen LogP contribution in [0.4, 0.5) is 0 Å². The Labute approximate surface area is 134 Å². The molecule has 3 N–H and O–H groups in total. The first-order chi connectivity index (χ1) is 11.1. The number of nitrogens with zero attached hydrogens (tertiary/aromatic N) is 4. The van der Waals surface area contributed by atoms with Crippen molar-refractivity contribution < 1.29 is 9.94 Å². The third-order valence-electron chi connectivity index (χ3n) is 3.97. The van der Waals surface area contributed by atoms with E-state index < -0.39 is 0 Å². The minimum absolute atomic E-state index is 0.0463. The highest BCUT2D eigenvalue weighted by atomic mass is 16.5. The maximum Gasteiger partial charge on any atom is 0.137 e. The number of hydrazine groups is 1. The molecule has 126 valence electrons. The zero-order chi connectivity index (χ0) is 16.8. The number of nitrogens with one attached hydrogen (secondary N) is 2. The van der Waals surface area contributed by atoms with Crippen LogP contribution in [0.15, 0.2) is 33.0 Å². The van der Waals surface area contributed by atoms with Crippen LogP contribution >= 0.6 is 0 Å². The minimum atomic E-state index is -0.385. The van der Waals surface area contributed by atoms with Crippen LogP contribution in [0.3, 0.4) is 0 Å². The summed E-state index contributed by atoms with van der Waals surface area (Å²) in [4.78, 5) is 19.2. The molecule has 9 nitrogen and oxygen atoms in total. The molecule has 0 amide bonds. The van der Waals surface area contributed by atoms with E-state index in [9.17, 15) is 4.91 Å². The van der Waals surface area contributed by atoms with Gasteiger partial charge in [0.05, 0.1) is 17.9 Å². The molecule has 0 bridgehead atoms. The predicted octanol–water partition coefficient (Wildman–Crippen LogP) is 0.651. The molecule has 2 heterocycles. The molecule has 4 unspecified atom stereocenters. The number of oxime groups is 1. The second kappa shape index (κ2) is 7.93. The lowest BCUT2D eigenvalue weighted by atomic mass is 9.99. The van der Waals surface area contributed by atoms with E-state index in [4.69, 9.17) is 9.94 Å². The zero-order valence-electron chi connectivity index (χ0n) is 13.3. The second-order valence-corrected chi connectivity index (χ2v) is 5.49. The smallest absolute Gasteiger partial charge is 0.137 e. The first-order valence-electron chi connectivity index (χ1n) is 7.43. The van der Waals surface area contributed by atoms with Crippen molar-refractivity contribution in [3.63, 3.8) is 0 Å². The summed E-state index contributed by atoms with van der Waals surface area (Å²) in [6, 6.07) is -0.293. The van der Waals surface area contributed by atoms with Crippen LogP contribution in [0.5, 0.6) is 0 Å². The van der Waals surface area contributed by atoms with E-state index in [0.717, 1.165) is 11.5 Å². The topological polar surface area (TPSA) is 120 Å². The summed E-state index contributed by atoms with van der Waals surface area (Å²) in [6.45, 7) is 5.62. The lowest BCUT2D eigenvalue weighted by molar-refractivity contribution is 0.0528. The van der Waals surface area contributed by atoms with Gasteiger partial charge in [0.15, 0.2) is 0 Å². The fraction of sp³-hybridized carbons (Fsp3) is 0.643. The van der Waals surface area contributed by atoms with Crippen LogP contribution in [-0.2, 0) is 4.74 Å². The summed E-state index contributed by atoms with van der Waals surface area (Å²) >= 11 is 0. The Hall–Kier alpha value is -2.13. The van der Waals surface area contributed by atoms with E-state index in [1.807, 2.05) is 6.92 Å². The molecule has 0 aromatic carbocycles. The monoisotopic (exact) mass is 322 g/mol. The highest BCUT2D eigenvalue weighted by molar-refractivity contribution is 5.97. The Morgan fingerprint density at radius 1 is 1.57 bits per heavy atom. The molecule has 23 heavy (non-hydrogen) atoms. The minimum Gasteiger partial charge on any atom is -0.411 e. The van der Waals surface area contributed by atoms with E-state index >= 15 is 0 Å². The summed E-state index contributed by atoms with van der Waals surface area (Å²) in [5.74, 6) is 0.725. The van der Waals surface area contributed by atoms with E-state index in [1.54, 1.807) is 13.1 Å². The maximum atomic E-state index is 10.4. The van der Waals surface area contributed by atoms with Crippen molar-refractivity contribution in [3.8, 4) is 0 Å². The lowest BCUT2D eigenvalue weighted by Crippen LogP contribution is -2.38. The molecule has 0 radical (unpaired) electrons. The van der Waals surface area contributed by atoms with Gasteiger partial charge in [-0.3, -0.25) is 9.98 Å². The molecule has 9 heteroatoms. The van der Waals surface area contributed by atoms with E-state index in [1.165, 1.54) is 0 Å². The largest absolute Gasteiger partial charge is 0.411 e. The van der Waals surface area contributed by atoms with Crippen LogP contribution < -0.4 is 10.9 Å². The van der Waals surface area contributed by atoms with Crippen molar-refractivity contribution in [1.82, 2.24) is 10.9 Å². The summed E-state index contributed by atoms with van der Waals surface area (Å²) in [5, 5.41) is 15.3. The predicted molar refractivity (Wildman–Crippen MR) is 88.3 cm³/mol. The van der Waals surface area contributed by atoms with Crippen LogP contribution in [0.2, 0.25) is 0 Å². The van der Waals surface area contributed by atoms with Gasteiger partial charge in [-0.25, -0.2) is 5.43 Å². The quantitative estimate of drug-likeness (QED) is 0.287. The number of nitroso groups, excluding NO2 is 1. The van der Waals surface area contributed by atoms with E-state index in [0.29, 0.717) is 18.6 Å². The molecule has 2 aliphatic heterocycles. The first kappa shape index (κ1) is 17.2. The number of hydrogen-bond acceptors (Lipinski definition) is 8. The van der Waals surface area contributed by atoms with Gasteiger partial charge in [0.25, 0.3) is 0 Å². The van der Waals surface area contributed by atoms with Gasteiger partial charge in [0.2, 0.25) is 0 Å². The van der Waals surface area contributed by atoms with Crippen molar-refractivity contribution in [2.45, 2.75) is 44.1 Å². The zero-order valence-corrected chi connectivity index (χ0v) is 13.3. The fourth-order valence-corrected chi connectivity index (χ4v) is 2.75. The van der Waals surface area contributed by atoms with Gasteiger partial charge < -0.3 is 15.4 Å². The third kappa shape index (κ3) is 3.99. The summed E-state index contributed by atoms with van der Waals surface area (Å²) in [7, 11) is 1.69. The molecule has 0 spiro atoms. The van der Waals surface area contributed by atoms with Crippen LogP contribution in [-0.4, -0.2) is 60.4 Å². The second-order valence-electron chi connectivity index (χ2n) is 5.49. The Balaban J connectivity index is 2.11. The number of aliphatic imine (C=N–C) groups is 2. The van der Waals surface area contributed by atoms with Gasteiger partial charge in [-0.1, -0.05) is 16.9 Å². The lowest BCUT2D eigenvalue weighted by Gasteiger charge is -2.19. The third-order valence-corrected chi connectivity index (χ3v) is 3.97. The SMILES string of the molecule is C=CC(C)=NC1C(=NC)NNC1CC1OC(CN=O)CC1=NO. The van der Waals surface area contributed by atoms with Gasteiger partial charge in [0, 0.05) is 19.2 Å². The van der Waals surface area contributed by atoms with Crippen molar-refractivity contribution in [3.05, 3.63) is 17.6 Å². The number of hydrogen-bond donors (Lipinski definition) is 3. The Kier molecular flexibility index (Phi) is 5.94. The van der Waals surface area contributed by atoms with Crippen LogP contribution in [0.1, 0.15) is 19.8 Å². The summed E-state index contributed by atoms with van der Waals surface area (Å²) < 4.78 is 5.75. The average molecular weight is 322 g/mol. The van der Waals surface area contributed by atoms with E-state index in [2.05, 4.69) is 37.7 Å². The molecule has 0 aliphatic carbocycles. The van der Waals surface area contributed by atoms with Gasteiger partial charge in [-0.15, -0.1) is 0 Å². The number of amidine groups is 1. The molecule has 0 aromatic heterocycles. The van der Waals surface area contributed by atoms with Gasteiger partial charge in [-0.2, -0.15) is 4.91 Å². The number of rotatable bonds is 6. The molecule has 0 aromatic rings. The van der Waals surface area contributed by atoms with Crippen LogP contribution in [0.25, 0.3) is 0 Å². The fourth-order valence-electron chi connectivity index (χ4n) is 2.75. The highest BCUT2D eigenvalue weighted by Gasteiger charge is 2.39. The highest BCUT2D eigenvalue weighted by Crippen LogP contribution is 2.24. The molecular weight excluding hydrogens is 300 g/mol. The van der Waals surface area contributed by atoms with Gasteiger partial charge in [0.1, 0.15) is 24.5 Å². The molecule has 0 saturated carbocycles. The first-order valence-corrected chi connectivity index (χ1v) is 7.43. The molecule has 2 saturated heterocycles. The molecule has 2 rings (SSSR count). The van der Waals surface area contributed by atoms with Crippen molar-refractivity contribution in [2.75, 3.05) is 13.6 Å². The van der Waals surface area contributed by atoms with Gasteiger partial charge >= 0.3 is 0 Å². The molecular formula is C14H22N6O3. The molecule has 4 atom stereocenters. The number of ether oxygens (including phenoxy) is 1. The van der Waals surface area contributed by atoms with Crippen LogP contribution in [0, 0.1) is 4.91 Å². The summed E-state index contributed by atoms with van der Waals surface area (Å²) in [5.41, 5.74) is 7.47. The molecule has 2 fully saturated rings. The number of allylic oxidation sites excluding steroid dienone is 1. The van der Waals surface area contributed by atoms with Crippen molar-refractivity contribution in [2.24, 2.45) is 20.3 Å². The molecule has 2 aliphatic rings. The summed E-state index contributed by atoms with van der Waals surface area (Å²) in [6.07, 6.45) is 1.89. The van der Waals surface area contributed by atoms with Gasteiger partial charge in [-0.05, 0) is 19.4 Å². The normalized spacial score (nSPS) is 34.8. The standard InChI is InChI=1S/C14H22N6O3/c1-4-8(2)17-13-11(18-19-14(13)15-3)6-12-10(20-22)5-9(23-12)7-16-21/h4,9,11-13,18,22H,1,5-7H2,2-3H3,(H,15,19). The Morgan fingerprint density at radius 3 is 2.96 bits per heavy atom. The van der Waals surface area contributed by atoms with Crippen molar-refractivity contribution in [1.29, 1.82) is 0 Å².